The molecule has 0 heterocycles. The minimum Gasteiger partial charge on any atom is -0.393 e. The van der Waals surface area contributed by atoms with Gasteiger partial charge in [-0.15, -0.1) is 0 Å². The van der Waals surface area contributed by atoms with Gasteiger partial charge in [0.1, 0.15) is 5.82 Å². The van der Waals surface area contributed by atoms with Crippen molar-refractivity contribution in [2.45, 2.75) is 26.7 Å². The summed E-state index contributed by atoms with van der Waals surface area (Å²) in [6.07, 6.45) is 1.38. The molecule has 3 nitrogen and oxygen atoms in total. The van der Waals surface area contributed by atoms with E-state index >= 15 is 0 Å². The predicted molar refractivity (Wildman–Crippen MR) is 82.7 cm³/mol. The Morgan fingerprint density at radius 3 is 2.74 bits per heavy atom. The highest BCUT2D eigenvalue weighted by atomic mass is 79.9. The minimum atomic E-state index is -0.522. The molecule has 1 aromatic rings. The van der Waals surface area contributed by atoms with E-state index in [0.29, 0.717) is 16.6 Å². The van der Waals surface area contributed by atoms with E-state index in [1.807, 2.05) is 6.92 Å². The molecule has 0 aromatic heterocycles. The number of nitrogens with one attached hydrogen (secondary N) is 1. The number of carbonyl (C=O) groups excluding carboxylic acids is 1. The van der Waals surface area contributed by atoms with E-state index in [0.717, 1.165) is 12.0 Å². The van der Waals surface area contributed by atoms with E-state index in [1.54, 1.807) is 13.0 Å². The van der Waals surface area contributed by atoms with Gasteiger partial charge < -0.3 is 11.1 Å². The second kappa shape index (κ2) is 6.96. The van der Waals surface area contributed by atoms with E-state index in [9.17, 15) is 9.18 Å². The van der Waals surface area contributed by atoms with Crippen LogP contribution in [0.5, 0.6) is 0 Å². The largest absolute Gasteiger partial charge is 0.393 e. The van der Waals surface area contributed by atoms with E-state index in [2.05, 4.69) is 21.2 Å². The first-order valence-corrected chi connectivity index (χ1v) is 7.12. The third-order valence-electron chi connectivity index (χ3n) is 2.76. The van der Waals surface area contributed by atoms with Crippen LogP contribution in [0.2, 0.25) is 0 Å². The molecule has 0 radical (unpaired) electrons. The van der Waals surface area contributed by atoms with Crippen LogP contribution in [-0.4, -0.2) is 10.9 Å². The number of aryl methyl sites for hydroxylation is 1. The first-order valence-electron chi connectivity index (χ1n) is 5.92. The zero-order valence-corrected chi connectivity index (χ0v) is 13.2. The number of thiocarbonyl (C=S) groups is 1. The molecule has 6 heteroatoms. The first kappa shape index (κ1) is 16.0. The number of benzene rings is 1. The van der Waals surface area contributed by atoms with Crippen molar-refractivity contribution in [3.8, 4) is 0 Å². The molecule has 0 spiro atoms. The lowest BCUT2D eigenvalue weighted by molar-refractivity contribution is -0.118. The molecule has 0 fully saturated rings. The molecular formula is C13H16BrFN2OS. The standard InChI is InChI=1S/C13H16BrFN2OS/c1-3-4-8(12(16)19)13(18)17-11-6-10(15)9(14)5-7(11)2/h5-6,8H,3-4H2,1-2H3,(H2,16,19)(H,17,18). The zero-order chi connectivity index (χ0) is 14.6. The Morgan fingerprint density at radius 1 is 1.58 bits per heavy atom. The van der Waals surface area contributed by atoms with Crippen molar-refractivity contribution < 1.29 is 9.18 Å². The number of hydrogen-bond donors (Lipinski definition) is 2. The van der Waals surface area contributed by atoms with E-state index < -0.39 is 11.7 Å². The fraction of sp³-hybridized carbons (Fsp3) is 0.385. The number of anilines is 1. The number of amides is 1. The quantitative estimate of drug-likeness (QED) is 0.801. The molecule has 1 atom stereocenters. The molecule has 1 unspecified atom stereocenters. The Bertz CT molecular complexity index is 508. The van der Waals surface area contributed by atoms with Crippen molar-refractivity contribution in [3.63, 3.8) is 0 Å². The fourth-order valence-electron chi connectivity index (χ4n) is 1.69. The second-order valence-electron chi connectivity index (χ2n) is 4.31. The van der Waals surface area contributed by atoms with Gasteiger partial charge in [-0.1, -0.05) is 25.6 Å². The van der Waals surface area contributed by atoms with Crippen LogP contribution in [0.1, 0.15) is 25.3 Å². The van der Waals surface area contributed by atoms with Gasteiger partial charge >= 0.3 is 0 Å². The fourth-order valence-corrected chi connectivity index (χ4v) is 2.37. The summed E-state index contributed by atoms with van der Waals surface area (Å²) in [6, 6.07) is 2.89. The van der Waals surface area contributed by atoms with Crippen molar-refractivity contribution >= 4 is 44.7 Å². The van der Waals surface area contributed by atoms with Gasteiger partial charge in [0.05, 0.1) is 15.4 Å². The molecule has 0 aliphatic carbocycles. The maximum Gasteiger partial charge on any atom is 0.234 e. The van der Waals surface area contributed by atoms with Crippen molar-refractivity contribution in [1.29, 1.82) is 0 Å². The van der Waals surface area contributed by atoms with E-state index in [4.69, 9.17) is 18.0 Å². The molecular weight excluding hydrogens is 331 g/mol. The maximum atomic E-state index is 13.5. The summed E-state index contributed by atoms with van der Waals surface area (Å²) in [4.78, 5) is 12.2. The van der Waals surface area contributed by atoms with Gasteiger partial charge in [-0.3, -0.25) is 4.79 Å². The Hall–Kier alpha value is -1.01. The summed E-state index contributed by atoms with van der Waals surface area (Å²) in [5.41, 5.74) is 6.76. The maximum absolute atomic E-state index is 13.5. The third kappa shape index (κ3) is 4.24. The molecule has 1 aromatic carbocycles. The lowest BCUT2D eigenvalue weighted by Crippen LogP contribution is -2.33. The molecule has 1 amide bonds. The van der Waals surface area contributed by atoms with Gasteiger partial charge in [0, 0.05) is 5.69 Å². The summed E-state index contributed by atoms with van der Waals surface area (Å²) in [5.74, 6) is -1.24. The van der Waals surface area contributed by atoms with Crippen LogP contribution in [-0.2, 0) is 4.79 Å². The normalized spacial score (nSPS) is 12.0. The summed E-state index contributed by atoms with van der Waals surface area (Å²) >= 11 is 7.98. The summed E-state index contributed by atoms with van der Waals surface area (Å²) in [6.45, 7) is 3.73. The second-order valence-corrected chi connectivity index (χ2v) is 5.64. The van der Waals surface area contributed by atoms with Crippen LogP contribution >= 0.6 is 28.1 Å². The van der Waals surface area contributed by atoms with E-state index in [1.165, 1.54) is 6.07 Å². The lowest BCUT2D eigenvalue weighted by atomic mass is 10.0. The van der Waals surface area contributed by atoms with Gasteiger partial charge in [-0.05, 0) is 47.0 Å². The van der Waals surface area contributed by atoms with Crippen LogP contribution in [0.25, 0.3) is 0 Å². The smallest absolute Gasteiger partial charge is 0.234 e. The van der Waals surface area contributed by atoms with Gasteiger partial charge in [-0.2, -0.15) is 0 Å². The first-order chi connectivity index (χ1) is 8.86. The molecule has 19 heavy (non-hydrogen) atoms. The highest BCUT2D eigenvalue weighted by molar-refractivity contribution is 9.10. The van der Waals surface area contributed by atoms with Gasteiger partial charge in [0.15, 0.2) is 0 Å². The Kier molecular flexibility index (Phi) is 5.87. The molecule has 104 valence electrons. The van der Waals surface area contributed by atoms with Crippen molar-refractivity contribution in [3.05, 3.63) is 28.0 Å². The van der Waals surface area contributed by atoms with Crippen LogP contribution < -0.4 is 11.1 Å². The van der Waals surface area contributed by atoms with E-state index in [-0.39, 0.29) is 10.9 Å². The monoisotopic (exact) mass is 346 g/mol. The van der Waals surface area contributed by atoms with Gasteiger partial charge in [-0.25, -0.2) is 4.39 Å². The Balaban J connectivity index is 2.92. The molecule has 1 rings (SSSR count). The Morgan fingerprint density at radius 2 is 2.21 bits per heavy atom. The zero-order valence-electron chi connectivity index (χ0n) is 10.8. The van der Waals surface area contributed by atoms with Gasteiger partial charge in [0.25, 0.3) is 0 Å². The third-order valence-corrected chi connectivity index (χ3v) is 3.65. The van der Waals surface area contributed by atoms with Gasteiger partial charge in [0.2, 0.25) is 5.91 Å². The Labute approximate surface area is 125 Å². The molecule has 0 saturated heterocycles. The molecule has 0 aliphatic rings. The van der Waals surface area contributed by atoms with Crippen LogP contribution in [0.3, 0.4) is 0 Å². The highest BCUT2D eigenvalue weighted by Crippen LogP contribution is 2.24. The summed E-state index contributed by atoms with van der Waals surface area (Å²) < 4.78 is 13.8. The number of hydrogen-bond acceptors (Lipinski definition) is 2. The number of carbonyl (C=O) groups is 1. The molecule has 3 N–H and O–H groups in total. The van der Waals surface area contributed by atoms with Crippen molar-refractivity contribution in [2.75, 3.05) is 5.32 Å². The molecule has 0 bridgehead atoms. The minimum absolute atomic E-state index is 0.162. The topological polar surface area (TPSA) is 55.1 Å². The van der Waals surface area contributed by atoms with Crippen LogP contribution in [0.4, 0.5) is 10.1 Å². The number of nitrogens with two attached hydrogens (primary N) is 1. The lowest BCUT2D eigenvalue weighted by Gasteiger charge is -2.16. The molecule has 0 saturated carbocycles. The predicted octanol–water partition coefficient (Wildman–Crippen LogP) is 3.54. The number of halogens is 2. The average Bonchev–Trinajstić information content (AvgIpc) is 2.32. The summed E-state index contributed by atoms with van der Waals surface area (Å²) in [5, 5.41) is 2.68. The van der Waals surface area contributed by atoms with Crippen molar-refractivity contribution in [2.24, 2.45) is 11.7 Å². The summed E-state index contributed by atoms with van der Waals surface area (Å²) in [7, 11) is 0. The number of rotatable bonds is 5. The molecule has 0 aliphatic heterocycles. The average molecular weight is 347 g/mol. The SMILES string of the molecule is CCCC(C(=O)Nc1cc(F)c(Br)cc1C)C(N)=S. The highest BCUT2D eigenvalue weighted by Gasteiger charge is 2.21. The van der Waals surface area contributed by atoms with Crippen LogP contribution in [0.15, 0.2) is 16.6 Å². The van der Waals surface area contributed by atoms with Crippen molar-refractivity contribution in [1.82, 2.24) is 0 Å². The van der Waals surface area contributed by atoms with Crippen LogP contribution in [0, 0.1) is 18.7 Å².